The molecule has 2 rings (SSSR count). The Hall–Kier alpha value is -0.980. The summed E-state index contributed by atoms with van der Waals surface area (Å²) in [6.45, 7) is 6.08. The minimum atomic E-state index is -0.598. The second kappa shape index (κ2) is 7.87. The Kier molecular flexibility index (Phi) is 6.14. The van der Waals surface area contributed by atoms with Crippen LogP contribution in [0.5, 0.6) is 0 Å². The van der Waals surface area contributed by atoms with Crippen LogP contribution in [0.1, 0.15) is 44.3 Å². The third kappa shape index (κ3) is 4.76. The maximum atomic E-state index is 5.87. The van der Waals surface area contributed by atoms with Gasteiger partial charge >= 0.3 is 0 Å². The maximum Gasteiger partial charge on any atom is 0.232 e. The third-order valence-corrected chi connectivity index (χ3v) is 4.04. The molecule has 0 radical (unpaired) electrons. The van der Waals surface area contributed by atoms with E-state index in [1.54, 1.807) is 7.11 Å². The molecule has 120 valence electrons. The van der Waals surface area contributed by atoms with E-state index in [0.29, 0.717) is 37.3 Å². The molecule has 2 heterocycles. The minimum absolute atomic E-state index is 0.522. The first-order chi connectivity index (χ1) is 10.2. The summed E-state index contributed by atoms with van der Waals surface area (Å²) in [6, 6.07) is 0. The van der Waals surface area contributed by atoms with Crippen LogP contribution in [-0.4, -0.2) is 42.9 Å². The van der Waals surface area contributed by atoms with Gasteiger partial charge < -0.3 is 18.7 Å². The molecule has 0 saturated carbocycles. The number of ether oxygens (including phenoxy) is 3. The standard InChI is InChI=1S/C15H26N2O4/c1-4-13(6-8-18-3)5-7-15(19-9-10-20-15)11-14-16-12(2)17-21-14/h13H,4-11H2,1-3H3. The van der Waals surface area contributed by atoms with E-state index in [9.17, 15) is 0 Å². The number of nitrogens with zero attached hydrogens (tertiary/aromatic N) is 2. The van der Waals surface area contributed by atoms with Crippen LogP contribution in [0.4, 0.5) is 0 Å². The predicted octanol–water partition coefficient (Wildman–Crippen LogP) is 2.51. The molecular formula is C15H26N2O4. The Morgan fingerprint density at radius 2 is 2.05 bits per heavy atom. The van der Waals surface area contributed by atoms with Crippen LogP contribution in [0.2, 0.25) is 0 Å². The van der Waals surface area contributed by atoms with Gasteiger partial charge in [0, 0.05) is 20.1 Å². The molecule has 0 spiro atoms. The highest BCUT2D eigenvalue weighted by Gasteiger charge is 2.38. The number of aryl methyl sites for hydroxylation is 1. The van der Waals surface area contributed by atoms with Gasteiger partial charge in [-0.25, -0.2) is 0 Å². The van der Waals surface area contributed by atoms with Crippen molar-refractivity contribution in [2.45, 2.75) is 51.7 Å². The van der Waals surface area contributed by atoms with Crippen molar-refractivity contribution in [2.75, 3.05) is 26.9 Å². The molecule has 6 nitrogen and oxygen atoms in total. The van der Waals surface area contributed by atoms with Gasteiger partial charge in [-0.15, -0.1) is 0 Å². The lowest BCUT2D eigenvalue weighted by Gasteiger charge is -2.27. The molecule has 21 heavy (non-hydrogen) atoms. The molecule has 0 bridgehead atoms. The summed E-state index contributed by atoms with van der Waals surface area (Å²) in [4.78, 5) is 4.26. The average molecular weight is 298 g/mol. The molecule has 1 aromatic heterocycles. The monoisotopic (exact) mass is 298 g/mol. The van der Waals surface area contributed by atoms with Gasteiger partial charge in [-0.1, -0.05) is 18.5 Å². The highest BCUT2D eigenvalue weighted by Crippen LogP contribution is 2.31. The summed E-state index contributed by atoms with van der Waals surface area (Å²) in [5.74, 6) is 1.25. The van der Waals surface area contributed by atoms with Gasteiger partial charge in [0.15, 0.2) is 11.6 Å². The molecule has 1 atom stereocenters. The number of hydrogen-bond acceptors (Lipinski definition) is 6. The fourth-order valence-electron chi connectivity index (χ4n) is 2.74. The van der Waals surface area contributed by atoms with Gasteiger partial charge in [-0.05, 0) is 25.7 Å². The van der Waals surface area contributed by atoms with Crippen LogP contribution in [0, 0.1) is 12.8 Å². The van der Waals surface area contributed by atoms with Crippen molar-refractivity contribution in [3.8, 4) is 0 Å². The van der Waals surface area contributed by atoms with Crippen molar-refractivity contribution in [3.63, 3.8) is 0 Å². The Morgan fingerprint density at radius 3 is 2.62 bits per heavy atom. The summed E-state index contributed by atoms with van der Waals surface area (Å²) < 4.78 is 22.1. The number of aromatic nitrogens is 2. The highest BCUT2D eigenvalue weighted by atomic mass is 16.7. The zero-order chi connectivity index (χ0) is 15.1. The lowest BCUT2D eigenvalue weighted by atomic mass is 9.93. The van der Waals surface area contributed by atoms with E-state index >= 15 is 0 Å². The molecule has 1 aromatic rings. The van der Waals surface area contributed by atoms with Crippen LogP contribution in [0.15, 0.2) is 4.52 Å². The fourth-order valence-corrected chi connectivity index (χ4v) is 2.74. The maximum absolute atomic E-state index is 5.87. The van der Waals surface area contributed by atoms with Gasteiger partial charge in [0.1, 0.15) is 0 Å². The number of hydrogen-bond donors (Lipinski definition) is 0. The Balaban J connectivity index is 1.91. The van der Waals surface area contributed by atoms with Crippen LogP contribution in [-0.2, 0) is 20.6 Å². The molecule has 6 heteroatoms. The zero-order valence-corrected chi connectivity index (χ0v) is 13.3. The zero-order valence-electron chi connectivity index (χ0n) is 13.3. The van der Waals surface area contributed by atoms with Gasteiger partial charge in [0.2, 0.25) is 5.89 Å². The van der Waals surface area contributed by atoms with Crippen LogP contribution in [0.3, 0.4) is 0 Å². The Labute approximate surface area is 126 Å². The SMILES string of the molecule is CCC(CCOC)CCC1(Cc2nc(C)no2)OCCO1. The number of rotatable bonds is 9. The van der Waals surface area contributed by atoms with E-state index in [1.165, 1.54) is 0 Å². The predicted molar refractivity (Wildman–Crippen MR) is 76.9 cm³/mol. The van der Waals surface area contributed by atoms with Crippen molar-refractivity contribution < 1.29 is 18.7 Å². The molecule has 1 aliphatic heterocycles. The lowest BCUT2D eigenvalue weighted by Crippen LogP contribution is -2.33. The summed E-state index contributed by atoms with van der Waals surface area (Å²) in [5.41, 5.74) is 0. The summed E-state index contributed by atoms with van der Waals surface area (Å²) in [6.07, 6.45) is 4.63. The van der Waals surface area contributed by atoms with E-state index < -0.39 is 5.79 Å². The van der Waals surface area contributed by atoms with E-state index in [4.69, 9.17) is 18.7 Å². The molecule has 1 unspecified atom stereocenters. The first-order valence-electron chi connectivity index (χ1n) is 7.73. The normalized spacial score (nSPS) is 19.0. The van der Waals surface area contributed by atoms with Crippen LogP contribution >= 0.6 is 0 Å². The first kappa shape index (κ1) is 16.4. The Bertz CT molecular complexity index is 416. The lowest BCUT2D eigenvalue weighted by molar-refractivity contribution is -0.166. The minimum Gasteiger partial charge on any atom is -0.385 e. The van der Waals surface area contributed by atoms with E-state index in [1.807, 2.05) is 6.92 Å². The van der Waals surface area contributed by atoms with Gasteiger partial charge in [-0.3, -0.25) is 0 Å². The van der Waals surface area contributed by atoms with Crippen molar-refractivity contribution in [3.05, 3.63) is 11.7 Å². The molecule has 1 fully saturated rings. The molecule has 1 aliphatic rings. The van der Waals surface area contributed by atoms with Crippen LogP contribution < -0.4 is 0 Å². The van der Waals surface area contributed by atoms with Crippen molar-refractivity contribution in [2.24, 2.45) is 5.92 Å². The topological polar surface area (TPSA) is 66.6 Å². The van der Waals surface area contributed by atoms with Crippen LogP contribution in [0.25, 0.3) is 0 Å². The fraction of sp³-hybridized carbons (Fsp3) is 0.867. The van der Waals surface area contributed by atoms with Gasteiger partial charge in [-0.2, -0.15) is 4.98 Å². The summed E-state index contributed by atoms with van der Waals surface area (Å²) in [5, 5.41) is 3.83. The van der Waals surface area contributed by atoms with E-state index in [0.717, 1.165) is 32.3 Å². The summed E-state index contributed by atoms with van der Waals surface area (Å²) >= 11 is 0. The molecular weight excluding hydrogens is 272 g/mol. The smallest absolute Gasteiger partial charge is 0.232 e. The van der Waals surface area contributed by atoms with Crippen molar-refractivity contribution in [1.29, 1.82) is 0 Å². The second-order valence-corrected chi connectivity index (χ2v) is 5.61. The molecule has 0 aromatic carbocycles. The van der Waals surface area contributed by atoms with Gasteiger partial charge in [0.05, 0.1) is 19.6 Å². The van der Waals surface area contributed by atoms with Crippen molar-refractivity contribution >= 4 is 0 Å². The second-order valence-electron chi connectivity index (χ2n) is 5.61. The van der Waals surface area contributed by atoms with Gasteiger partial charge in [0.25, 0.3) is 0 Å². The van der Waals surface area contributed by atoms with E-state index in [-0.39, 0.29) is 0 Å². The summed E-state index contributed by atoms with van der Waals surface area (Å²) in [7, 11) is 1.75. The molecule has 1 saturated heterocycles. The highest BCUT2D eigenvalue weighted by molar-refractivity contribution is 4.90. The largest absolute Gasteiger partial charge is 0.385 e. The van der Waals surface area contributed by atoms with E-state index in [2.05, 4.69) is 17.1 Å². The third-order valence-electron chi connectivity index (χ3n) is 4.04. The van der Waals surface area contributed by atoms with Crippen molar-refractivity contribution in [1.82, 2.24) is 10.1 Å². The molecule has 0 aliphatic carbocycles. The Morgan fingerprint density at radius 1 is 1.29 bits per heavy atom. The molecule has 0 N–H and O–H groups in total. The molecule has 0 amide bonds. The first-order valence-corrected chi connectivity index (χ1v) is 7.73. The number of methoxy groups -OCH3 is 1. The average Bonchev–Trinajstić information content (AvgIpc) is 3.09. The quantitative estimate of drug-likeness (QED) is 0.698.